The molecular formula is C16H26O2. The lowest BCUT2D eigenvalue weighted by Crippen LogP contribution is -2.24. The van der Waals surface area contributed by atoms with E-state index >= 15 is 0 Å². The Labute approximate surface area is 111 Å². The summed E-state index contributed by atoms with van der Waals surface area (Å²) in [5, 5.41) is 9.87. The zero-order valence-corrected chi connectivity index (χ0v) is 12.2. The molecule has 0 bridgehead atoms. The van der Waals surface area contributed by atoms with Crippen molar-refractivity contribution >= 4 is 0 Å². The van der Waals surface area contributed by atoms with Gasteiger partial charge in [-0.3, -0.25) is 0 Å². The summed E-state index contributed by atoms with van der Waals surface area (Å²) in [7, 11) is 0. The van der Waals surface area contributed by atoms with Gasteiger partial charge in [0.15, 0.2) is 0 Å². The predicted molar refractivity (Wildman–Crippen MR) is 76.2 cm³/mol. The van der Waals surface area contributed by atoms with Gasteiger partial charge in [-0.15, -0.1) is 0 Å². The maximum absolute atomic E-state index is 9.87. The van der Waals surface area contributed by atoms with E-state index < -0.39 is 0 Å². The van der Waals surface area contributed by atoms with Crippen LogP contribution in [-0.2, 0) is 0 Å². The van der Waals surface area contributed by atoms with E-state index in [0.717, 1.165) is 12.2 Å². The molecule has 0 spiro atoms. The third-order valence-electron chi connectivity index (χ3n) is 3.58. The monoisotopic (exact) mass is 250 g/mol. The zero-order valence-electron chi connectivity index (χ0n) is 12.2. The maximum atomic E-state index is 9.87. The lowest BCUT2D eigenvalue weighted by molar-refractivity contribution is 0.0622. The Bertz CT molecular complexity index is 371. The lowest BCUT2D eigenvalue weighted by Gasteiger charge is -2.18. The lowest BCUT2D eigenvalue weighted by atomic mass is 9.98. The molecule has 2 unspecified atom stereocenters. The molecule has 0 fully saturated rings. The quantitative estimate of drug-likeness (QED) is 0.829. The summed E-state index contributed by atoms with van der Waals surface area (Å²) >= 11 is 0. The van der Waals surface area contributed by atoms with Crippen LogP contribution in [0.15, 0.2) is 18.2 Å². The van der Waals surface area contributed by atoms with Gasteiger partial charge in [0.05, 0.1) is 6.10 Å². The molecule has 0 saturated heterocycles. The van der Waals surface area contributed by atoms with Crippen molar-refractivity contribution in [3.8, 4) is 5.75 Å². The van der Waals surface area contributed by atoms with Crippen LogP contribution in [0.5, 0.6) is 5.75 Å². The van der Waals surface area contributed by atoms with Crippen LogP contribution in [0.1, 0.15) is 51.2 Å². The Balaban J connectivity index is 2.61. The molecule has 2 nitrogen and oxygen atoms in total. The molecule has 1 rings (SSSR count). The minimum absolute atomic E-state index is 0.279. The number of hydrogen-bond acceptors (Lipinski definition) is 2. The SMILES string of the molecule is CCC(C)C(O)COc1ccc(C(C)C)c(C)c1. The fourth-order valence-corrected chi connectivity index (χ4v) is 2.00. The summed E-state index contributed by atoms with van der Waals surface area (Å²) in [6.07, 6.45) is 0.579. The number of ether oxygens (including phenoxy) is 1. The average Bonchev–Trinajstić information content (AvgIpc) is 2.34. The third kappa shape index (κ3) is 4.02. The van der Waals surface area contributed by atoms with Crippen LogP contribution in [0.25, 0.3) is 0 Å². The topological polar surface area (TPSA) is 29.5 Å². The van der Waals surface area contributed by atoms with E-state index in [1.165, 1.54) is 11.1 Å². The number of aliphatic hydroxyl groups excluding tert-OH is 1. The van der Waals surface area contributed by atoms with E-state index in [9.17, 15) is 5.11 Å². The number of aliphatic hydroxyl groups is 1. The highest BCUT2D eigenvalue weighted by Crippen LogP contribution is 2.23. The molecule has 1 aromatic carbocycles. The molecule has 102 valence electrons. The highest BCUT2D eigenvalue weighted by Gasteiger charge is 2.13. The highest BCUT2D eigenvalue weighted by atomic mass is 16.5. The summed E-state index contributed by atoms with van der Waals surface area (Å²) < 4.78 is 5.66. The second-order valence-corrected chi connectivity index (χ2v) is 5.44. The van der Waals surface area contributed by atoms with Crippen molar-refractivity contribution in [1.82, 2.24) is 0 Å². The maximum Gasteiger partial charge on any atom is 0.119 e. The summed E-state index contributed by atoms with van der Waals surface area (Å²) in [6.45, 7) is 11.0. The van der Waals surface area contributed by atoms with Crippen molar-refractivity contribution in [3.63, 3.8) is 0 Å². The Kier molecular flexibility index (Phi) is 5.67. The summed E-state index contributed by atoms with van der Waals surface area (Å²) in [5.74, 6) is 1.66. The first-order chi connectivity index (χ1) is 8.45. The second kappa shape index (κ2) is 6.79. The molecule has 0 saturated carbocycles. The van der Waals surface area contributed by atoms with Crippen LogP contribution in [-0.4, -0.2) is 17.8 Å². The van der Waals surface area contributed by atoms with Crippen molar-refractivity contribution in [2.45, 2.75) is 53.1 Å². The van der Waals surface area contributed by atoms with Crippen LogP contribution < -0.4 is 4.74 Å². The molecule has 0 radical (unpaired) electrons. The zero-order chi connectivity index (χ0) is 13.7. The van der Waals surface area contributed by atoms with Gasteiger partial charge < -0.3 is 9.84 Å². The molecule has 0 aliphatic rings. The van der Waals surface area contributed by atoms with Gasteiger partial charge in [-0.1, -0.05) is 40.2 Å². The number of rotatable bonds is 6. The second-order valence-electron chi connectivity index (χ2n) is 5.44. The molecule has 1 N–H and O–H groups in total. The first kappa shape index (κ1) is 15.0. The van der Waals surface area contributed by atoms with Crippen LogP contribution in [0.3, 0.4) is 0 Å². The van der Waals surface area contributed by atoms with E-state index in [4.69, 9.17) is 4.74 Å². The van der Waals surface area contributed by atoms with E-state index in [1.54, 1.807) is 0 Å². The van der Waals surface area contributed by atoms with Crippen molar-refractivity contribution in [3.05, 3.63) is 29.3 Å². The van der Waals surface area contributed by atoms with Gasteiger partial charge in [-0.05, 0) is 42.0 Å². The molecule has 2 heteroatoms. The van der Waals surface area contributed by atoms with Gasteiger partial charge >= 0.3 is 0 Å². The fourth-order valence-electron chi connectivity index (χ4n) is 2.00. The van der Waals surface area contributed by atoms with E-state index in [0.29, 0.717) is 12.5 Å². The van der Waals surface area contributed by atoms with Crippen LogP contribution in [0.4, 0.5) is 0 Å². The van der Waals surface area contributed by atoms with Gasteiger partial charge in [0, 0.05) is 0 Å². The van der Waals surface area contributed by atoms with Crippen LogP contribution >= 0.6 is 0 Å². The molecule has 0 amide bonds. The van der Waals surface area contributed by atoms with Gasteiger partial charge in [-0.2, -0.15) is 0 Å². The predicted octanol–water partition coefficient (Wildman–Crippen LogP) is 3.90. The van der Waals surface area contributed by atoms with E-state index in [1.807, 2.05) is 13.0 Å². The summed E-state index contributed by atoms with van der Waals surface area (Å²) in [4.78, 5) is 0. The van der Waals surface area contributed by atoms with Crippen molar-refractivity contribution in [2.24, 2.45) is 5.92 Å². The molecule has 0 aliphatic carbocycles. The Morgan fingerprint density at radius 3 is 2.39 bits per heavy atom. The fraction of sp³-hybridized carbons (Fsp3) is 0.625. The Morgan fingerprint density at radius 2 is 1.89 bits per heavy atom. The first-order valence-corrected chi connectivity index (χ1v) is 6.87. The molecule has 0 aromatic heterocycles. The molecule has 0 heterocycles. The molecule has 18 heavy (non-hydrogen) atoms. The number of benzene rings is 1. The normalized spacial score (nSPS) is 14.6. The van der Waals surface area contributed by atoms with Crippen LogP contribution in [0.2, 0.25) is 0 Å². The van der Waals surface area contributed by atoms with E-state index in [-0.39, 0.29) is 12.0 Å². The standard InChI is InChI=1S/C16H26O2/c1-6-12(4)16(17)10-18-14-7-8-15(11(2)3)13(5)9-14/h7-9,11-12,16-17H,6,10H2,1-5H3. The minimum Gasteiger partial charge on any atom is -0.491 e. The summed E-state index contributed by atoms with van der Waals surface area (Å²) in [6, 6.07) is 6.16. The minimum atomic E-state index is -0.389. The molecular weight excluding hydrogens is 224 g/mol. The Hall–Kier alpha value is -1.02. The van der Waals surface area contributed by atoms with Crippen LogP contribution in [0, 0.1) is 12.8 Å². The largest absolute Gasteiger partial charge is 0.491 e. The van der Waals surface area contributed by atoms with Crippen molar-refractivity contribution in [2.75, 3.05) is 6.61 Å². The smallest absolute Gasteiger partial charge is 0.119 e. The average molecular weight is 250 g/mol. The Morgan fingerprint density at radius 1 is 1.22 bits per heavy atom. The molecule has 0 aliphatic heterocycles. The van der Waals surface area contributed by atoms with Crippen molar-refractivity contribution < 1.29 is 9.84 Å². The van der Waals surface area contributed by atoms with Crippen molar-refractivity contribution in [1.29, 1.82) is 0 Å². The summed E-state index contributed by atoms with van der Waals surface area (Å²) in [5.41, 5.74) is 2.60. The molecule has 1 aromatic rings. The number of hydrogen-bond donors (Lipinski definition) is 1. The first-order valence-electron chi connectivity index (χ1n) is 6.87. The van der Waals surface area contributed by atoms with Gasteiger partial charge in [0.1, 0.15) is 12.4 Å². The third-order valence-corrected chi connectivity index (χ3v) is 3.58. The number of aryl methyl sites for hydroxylation is 1. The van der Waals surface area contributed by atoms with E-state index in [2.05, 4.69) is 39.8 Å². The highest BCUT2D eigenvalue weighted by molar-refractivity contribution is 5.36. The van der Waals surface area contributed by atoms with Gasteiger partial charge in [0.25, 0.3) is 0 Å². The van der Waals surface area contributed by atoms with Gasteiger partial charge in [0.2, 0.25) is 0 Å². The molecule has 2 atom stereocenters. The van der Waals surface area contributed by atoms with Gasteiger partial charge in [-0.25, -0.2) is 0 Å².